The van der Waals surface area contributed by atoms with Gasteiger partial charge >= 0.3 is 0 Å². The number of rotatable bonds is 6. The van der Waals surface area contributed by atoms with Gasteiger partial charge in [0.15, 0.2) is 5.75 Å². The number of amides is 1. The number of likely N-dealkylation sites (tertiary alicyclic amines) is 1. The summed E-state index contributed by atoms with van der Waals surface area (Å²) in [4.78, 5) is 31.5. The van der Waals surface area contributed by atoms with Crippen LogP contribution in [0.1, 0.15) is 35.9 Å². The fourth-order valence-corrected chi connectivity index (χ4v) is 5.65. The van der Waals surface area contributed by atoms with E-state index in [0.717, 1.165) is 48.0 Å². The molecule has 0 saturated carbocycles. The number of thiophene rings is 1. The van der Waals surface area contributed by atoms with E-state index >= 15 is 0 Å². The first-order valence-electron chi connectivity index (χ1n) is 10.6. The van der Waals surface area contributed by atoms with Crippen molar-refractivity contribution in [2.75, 3.05) is 34.3 Å². The van der Waals surface area contributed by atoms with Crippen molar-refractivity contribution < 1.29 is 9.53 Å². The number of nitrogens with zero attached hydrogens (tertiary/aromatic N) is 3. The molecule has 1 aliphatic rings. The van der Waals surface area contributed by atoms with Crippen LogP contribution in [-0.4, -0.2) is 60.6 Å². The Bertz CT molecular complexity index is 1150. The first kappa shape index (κ1) is 20.9. The third kappa shape index (κ3) is 3.40. The molecule has 4 rings (SSSR count). The monoisotopic (exact) mass is 427 g/mol. The van der Waals surface area contributed by atoms with E-state index in [-0.39, 0.29) is 17.5 Å². The Morgan fingerprint density at radius 3 is 2.77 bits per heavy atom. The Morgan fingerprint density at radius 2 is 2.10 bits per heavy atom. The zero-order valence-electron chi connectivity index (χ0n) is 18.1. The van der Waals surface area contributed by atoms with Crippen LogP contribution in [-0.2, 0) is 6.54 Å². The summed E-state index contributed by atoms with van der Waals surface area (Å²) in [5, 5.41) is 1.52. The normalized spacial score (nSPS) is 17.1. The SMILES string of the molecule is CCCCn1c(=O)c2c(OC)c(C(=O)N(C)C3CCN(C)C3)sc2c2ccccc21. The molecule has 1 aromatic carbocycles. The first-order chi connectivity index (χ1) is 14.5. The van der Waals surface area contributed by atoms with E-state index in [9.17, 15) is 9.59 Å². The van der Waals surface area contributed by atoms with Crippen LogP contribution in [0, 0.1) is 0 Å². The van der Waals surface area contributed by atoms with Gasteiger partial charge in [0.1, 0.15) is 10.3 Å². The number of methoxy groups -OCH3 is 1. The number of para-hydroxylation sites is 1. The van der Waals surface area contributed by atoms with E-state index in [0.29, 0.717) is 22.6 Å². The maximum atomic E-state index is 13.5. The molecule has 1 fully saturated rings. The third-order valence-corrected chi connectivity index (χ3v) is 7.32. The Labute approximate surface area is 180 Å². The molecule has 0 radical (unpaired) electrons. The third-order valence-electron chi connectivity index (χ3n) is 6.13. The number of benzene rings is 1. The molecule has 1 atom stereocenters. The van der Waals surface area contributed by atoms with E-state index in [1.54, 1.807) is 7.11 Å². The van der Waals surface area contributed by atoms with Crippen LogP contribution in [0.4, 0.5) is 0 Å². The Kier molecular flexibility index (Phi) is 5.84. The van der Waals surface area contributed by atoms with E-state index < -0.39 is 0 Å². The lowest BCUT2D eigenvalue weighted by atomic mass is 10.1. The fraction of sp³-hybridized carbons (Fsp3) is 0.478. The van der Waals surface area contributed by atoms with E-state index in [1.165, 1.54) is 11.3 Å². The highest BCUT2D eigenvalue weighted by atomic mass is 32.1. The molecule has 1 aliphatic heterocycles. The predicted molar refractivity (Wildman–Crippen MR) is 123 cm³/mol. The molecule has 6 nitrogen and oxygen atoms in total. The van der Waals surface area contributed by atoms with Crippen molar-refractivity contribution in [3.05, 3.63) is 39.5 Å². The Hall–Kier alpha value is -2.38. The van der Waals surface area contributed by atoms with E-state index in [1.807, 2.05) is 40.8 Å². The van der Waals surface area contributed by atoms with Gasteiger partial charge in [-0.25, -0.2) is 0 Å². The largest absolute Gasteiger partial charge is 0.494 e. The van der Waals surface area contributed by atoms with Crippen molar-refractivity contribution in [3.8, 4) is 5.75 Å². The number of carbonyl (C=O) groups excluding carboxylic acids is 1. The molecular weight excluding hydrogens is 398 g/mol. The summed E-state index contributed by atoms with van der Waals surface area (Å²) in [6.45, 7) is 4.62. The topological polar surface area (TPSA) is 54.8 Å². The van der Waals surface area contributed by atoms with Crippen LogP contribution >= 0.6 is 11.3 Å². The molecular formula is C23H29N3O3S. The quantitative estimate of drug-likeness (QED) is 0.600. The second kappa shape index (κ2) is 8.40. The molecule has 3 heterocycles. The van der Waals surface area contributed by atoms with Crippen LogP contribution in [0.3, 0.4) is 0 Å². The van der Waals surface area contributed by atoms with Gasteiger partial charge in [0.05, 0.1) is 17.3 Å². The van der Waals surface area contributed by atoms with Gasteiger partial charge in [0.25, 0.3) is 11.5 Å². The Morgan fingerprint density at radius 1 is 1.33 bits per heavy atom. The fourth-order valence-electron chi connectivity index (χ4n) is 4.37. The van der Waals surface area contributed by atoms with Crippen LogP contribution in [0.5, 0.6) is 5.75 Å². The van der Waals surface area contributed by atoms with Crippen molar-refractivity contribution in [2.45, 2.75) is 38.8 Å². The van der Waals surface area contributed by atoms with Crippen molar-refractivity contribution in [1.29, 1.82) is 0 Å². The summed E-state index contributed by atoms with van der Waals surface area (Å²) in [5.41, 5.74) is 0.838. The van der Waals surface area contributed by atoms with Crippen LogP contribution < -0.4 is 10.3 Å². The molecule has 0 spiro atoms. The average molecular weight is 428 g/mol. The number of fused-ring (bicyclic) bond motifs is 3. The highest BCUT2D eigenvalue weighted by molar-refractivity contribution is 7.22. The average Bonchev–Trinajstić information content (AvgIpc) is 3.36. The van der Waals surface area contributed by atoms with E-state index in [2.05, 4.69) is 18.9 Å². The molecule has 0 aliphatic carbocycles. The summed E-state index contributed by atoms with van der Waals surface area (Å²) in [7, 11) is 5.48. The van der Waals surface area contributed by atoms with Gasteiger partial charge in [0, 0.05) is 31.6 Å². The summed E-state index contributed by atoms with van der Waals surface area (Å²) < 4.78 is 8.35. The number of aromatic nitrogens is 1. The maximum Gasteiger partial charge on any atom is 0.267 e. The number of aryl methyl sites for hydroxylation is 1. The zero-order valence-corrected chi connectivity index (χ0v) is 18.9. The second-order valence-electron chi connectivity index (χ2n) is 8.12. The molecule has 7 heteroatoms. The lowest BCUT2D eigenvalue weighted by Crippen LogP contribution is -2.38. The van der Waals surface area contributed by atoms with Gasteiger partial charge in [-0.15, -0.1) is 11.3 Å². The van der Waals surface area contributed by atoms with Gasteiger partial charge in [-0.1, -0.05) is 31.5 Å². The molecule has 1 saturated heterocycles. The lowest BCUT2D eigenvalue weighted by molar-refractivity contribution is 0.0739. The molecule has 2 aromatic heterocycles. The number of pyridine rings is 1. The molecule has 30 heavy (non-hydrogen) atoms. The van der Waals surface area contributed by atoms with Gasteiger partial charge < -0.3 is 19.1 Å². The summed E-state index contributed by atoms with van der Waals surface area (Å²) in [6.07, 6.45) is 2.88. The van der Waals surface area contributed by atoms with Gasteiger partial charge in [0.2, 0.25) is 0 Å². The van der Waals surface area contributed by atoms with Gasteiger partial charge in [-0.05, 0) is 32.5 Å². The lowest BCUT2D eigenvalue weighted by Gasteiger charge is -2.24. The number of carbonyl (C=O) groups is 1. The minimum Gasteiger partial charge on any atom is -0.494 e. The molecule has 3 aromatic rings. The van der Waals surface area contributed by atoms with Gasteiger partial charge in [-0.3, -0.25) is 9.59 Å². The first-order valence-corrected chi connectivity index (χ1v) is 11.4. The summed E-state index contributed by atoms with van der Waals surface area (Å²) in [5.74, 6) is 0.344. The van der Waals surface area contributed by atoms with E-state index in [4.69, 9.17) is 4.74 Å². The van der Waals surface area contributed by atoms with Gasteiger partial charge in [-0.2, -0.15) is 0 Å². The molecule has 1 amide bonds. The smallest absolute Gasteiger partial charge is 0.267 e. The Balaban J connectivity index is 1.90. The minimum absolute atomic E-state index is 0.0723. The van der Waals surface area contributed by atoms with Crippen molar-refractivity contribution in [1.82, 2.24) is 14.4 Å². The predicted octanol–water partition coefficient (Wildman–Crippen LogP) is 3.80. The van der Waals surface area contributed by atoms with Crippen molar-refractivity contribution in [3.63, 3.8) is 0 Å². The molecule has 160 valence electrons. The highest BCUT2D eigenvalue weighted by Gasteiger charge is 2.31. The number of unbranched alkanes of at least 4 members (excludes halogenated alkanes) is 1. The van der Waals surface area contributed by atoms with Crippen molar-refractivity contribution >= 4 is 38.2 Å². The maximum absolute atomic E-state index is 13.5. The summed E-state index contributed by atoms with van der Waals surface area (Å²) >= 11 is 1.38. The van der Waals surface area contributed by atoms with Crippen LogP contribution in [0.25, 0.3) is 21.0 Å². The highest BCUT2D eigenvalue weighted by Crippen LogP contribution is 2.40. The summed E-state index contributed by atoms with van der Waals surface area (Å²) in [6, 6.07) is 8.12. The minimum atomic E-state index is -0.0763. The van der Waals surface area contributed by atoms with Crippen LogP contribution in [0.15, 0.2) is 29.1 Å². The molecule has 1 unspecified atom stereocenters. The molecule has 0 bridgehead atoms. The number of ether oxygens (including phenoxy) is 1. The zero-order chi connectivity index (χ0) is 21.4. The molecule has 0 N–H and O–H groups in total. The number of hydrogen-bond acceptors (Lipinski definition) is 5. The van der Waals surface area contributed by atoms with Crippen LogP contribution in [0.2, 0.25) is 0 Å². The second-order valence-corrected chi connectivity index (χ2v) is 9.14. The standard InChI is InChI=1S/C23H29N3O3S/c1-5-6-12-26-17-10-8-7-9-16(17)20-18(22(26)27)19(29-4)21(30-20)23(28)25(3)15-11-13-24(2)14-15/h7-10,15H,5-6,11-14H2,1-4H3. The number of hydrogen-bond donors (Lipinski definition) is 0. The van der Waals surface area contributed by atoms with Crippen molar-refractivity contribution in [2.24, 2.45) is 0 Å². The number of likely N-dealkylation sites (N-methyl/N-ethyl adjacent to an activating group) is 2.